The van der Waals surface area contributed by atoms with Crippen LogP contribution < -0.4 is 15.4 Å². The zero-order valence-corrected chi connectivity index (χ0v) is 20.2. The van der Waals surface area contributed by atoms with Crippen LogP contribution in [0, 0.1) is 13.8 Å². The van der Waals surface area contributed by atoms with Gasteiger partial charge in [0.1, 0.15) is 11.4 Å². The van der Waals surface area contributed by atoms with Crippen LogP contribution in [0.4, 0.5) is 11.4 Å². The minimum atomic E-state index is -0.289. The first-order valence-electron chi connectivity index (χ1n) is 11.5. The van der Waals surface area contributed by atoms with Crippen molar-refractivity contribution in [1.29, 1.82) is 0 Å². The summed E-state index contributed by atoms with van der Waals surface area (Å²) in [7, 11) is 3.51. The van der Waals surface area contributed by atoms with Crippen molar-refractivity contribution in [3.05, 3.63) is 71.0 Å². The van der Waals surface area contributed by atoms with Gasteiger partial charge in [0.15, 0.2) is 0 Å². The zero-order valence-electron chi connectivity index (χ0n) is 20.2. The lowest BCUT2D eigenvalue weighted by Gasteiger charge is -2.18. The highest BCUT2D eigenvalue weighted by Gasteiger charge is 2.22. The van der Waals surface area contributed by atoms with Crippen molar-refractivity contribution in [1.82, 2.24) is 9.88 Å². The molecule has 2 heterocycles. The number of anilines is 2. The van der Waals surface area contributed by atoms with E-state index in [0.717, 1.165) is 52.2 Å². The smallest absolute Gasteiger partial charge is 0.274 e. The number of amides is 1. The maximum absolute atomic E-state index is 13.1. The number of aliphatic hydroxyl groups is 1. The summed E-state index contributed by atoms with van der Waals surface area (Å²) in [5.74, 6) is 0.328. The molecule has 1 atom stereocenters. The third-order valence-corrected chi connectivity index (χ3v) is 6.51. The highest BCUT2D eigenvalue weighted by Crippen LogP contribution is 2.34. The number of aliphatic hydroxyl groups excluding tert-OH is 1. The van der Waals surface area contributed by atoms with E-state index >= 15 is 0 Å². The van der Waals surface area contributed by atoms with Crippen molar-refractivity contribution in [3.63, 3.8) is 0 Å². The Labute approximate surface area is 200 Å². The van der Waals surface area contributed by atoms with Gasteiger partial charge in [0.2, 0.25) is 0 Å². The molecule has 1 saturated heterocycles. The van der Waals surface area contributed by atoms with Gasteiger partial charge < -0.3 is 20.5 Å². The Morgan fingerprint density at radius 3 is 2.44 bits per heavy atom. The third-order valence-electron chi connectivity index (χ3n) is 6.51. The third kappa shape index (κ3) is 4.90. The van der Waals surface area contributed by atoms with E-state index in [-0.39, 0.29) is 12.0 Å². The first-order valence-corrected chi connectivity index (χ1v) is 11.5. The van der Waals surface area contributed by atoms with E-state index in [0.29, 0.717) is 24.5 Å². The second-order valence-electron chi connectivity index (χ2n) is 8.72. The number of benzene rings is 2. The molecule has 0 unspecified atom stereocenters. The Balaban J connectivity index is 1.56. The molecule has 0 radical (unpaired) electrons. The van der Waals surface area contributed by atoms with Gasteiger partial charge in [0.25, 0.3) is 5.91 Å². The molecule has 1 aliphatic heterocycles. The summed E-state index contributed by atoms with van der Waals surface area (Å²) in [5, 5.41) is 16.0. The molecular weight excluding hydrogens is 428 g/mol. The summed E-state index contributed by atoms with van der Waals surface area (Å²) in [6, 6.07) is 13.8. The summed E-state index contributed by atoms with van der Waals surface area (Å²) >= 11 is 0. The number of rotatable bonds is 7. The number of methoxy groups -OCH3 is 1. The Hall–Kier alpha value is -3.42. The zero-order chi connectivity index (χ0) is 24.2. The normalized spacial score (nSPS) is 15.9. The second kappa shape index (κ2) is 10.2. The SMILES string of the molecule is CNc1cccc(-c2cccc(NC(=O)c3cc(OC)c(CN4CC[C@@H](O)C4)cn3)c2C)c1C. The first kappa shape index (κ1) is 23.7. The van der Waals surface area contributed by atoms with Crippen LogP contribution in [0.2, 0.25) is 0 Å². The second-order valence-corrected chi connectivity index (χ2v) is 8.72. The van der Waals surface area contributed by atoms with E-state index in [1.807, 2.05) is 38.2 Å². The number of aromatic nitrogens is 1. The topological polar surface area (TPSA) is 86.7 Å². The van der Waals surface area contributed by atoms with Crippen LogP contribution in [0.3, 0.4) is 0 Å². The fraction of sp³-hybridized carbons (Fsp3) is 0.333. The van der Waals surface area contributed by atoms with Crippen LogP contribution in [0.1, 0.15) is 33.6 Å². The lowest BCUT2D eigenvalue weighted by molar-refractivity contribution is 0.102. The Morgan fingerprint density at radius 1 is 1.15 bits per heavy atom. The van der Waals surface area contributed by atoms with Gasteiger partial charge in [-0.05, 0) is 54.7 Å². The van der Waals surface area contributed by atoms with E-state index < -0.39 is 0 Å². The molecule has 1 aliphatic rings. The number of nitrogens with one attached hydrogen (secondary N) is 2. The van der Waals surface area contributed by atoms with Crippen molar-refractivity contribution in [2.75, 3.05) is 37.9 Å². The molecule has 7 heteroatoms. The number of likely N-dealkylation sites (tertiary alicyclic amines) is 1. The molecule has 34 heavy (non-hydrogen) atoms. The molecule has 0 bridgehead atoms. The minimum Gasteiger partial charge on any atom is -0.496 e. The molecule has 0 aliphatic carbocycles. The summed E-state index contributed by atoms with van der Waals surface area (Å²) in [5.41, 5.74) is 7.34. The Bertz CT molecular complexity index is 1190. The average molecular weight is 461 g/mol. The van der Waals surface area contributed by atoms with Crippen molar-refractivity contribution in [2.45, 2.75) is 32.9 Å². The van der Waals surface area contributed by atoms with E-state index in [4.69, 9.17) is 4.74 Å². The standard InChI is InChI=1S/C27H32N4O3/c1-17-21(7-5-9-23(17)28-3)22-8-6-10-24(18(22)2)30-27(33)25-13-26(34-4)19(14-29-25)15-31-12-11-20(32)16-31/h5-10,13-14,20,28,32H,11-12,15-16H2,1-4H3,(H,30,33)/t20-/m1/s1. The van der Waals surface area contributed by atoms with Crippen LogP contribution in [-0.2, 0) is 6.54 Å². The fourth-order valence-electron chi connectivity index (χ4n) is 4.54. The molecule has 7 nitrogen and oxygen atoms in total. The van der Waals surface area contributed by atoms with Gasteiger partial charge in [-0.2, -0.15) is 0 Å². The Kier molecular flexibility index (Phi) is 7.14. The number of pyridine rings is 1. The minimum absolute atomic E-state index is 0.285. The largest absolute Gasteiger partial charge is 0.496 e. The molecule has 2 aromatic carbocycles. The summed E-state index contributed by atoms with van der Waals surface area (Å²) in [6.45, 7) is 6.20. The van der Waals surface area contributed by atoms with Crippen LogP contribution in [0.25, 0.3) is 11.1 Å². The number of nitrogens with zero attached hydrogens (tertiary/aromatic N) is 2. The van der Waals surface area contributed by atoms with Crippen LogP contribution in [0.5, 0.6) is 5.75 Å². The van der Waals surface area contributed by atoms with Gasteiger partial charge >= 0.3 is 0 Å². The lowest BCUT2D eigenvalue weighted by atomic mass is 9.94. The molecule has 1 amide bonds. The van der Waals surface area contributed by atoms with Gasteiger partial charge in [-0.3, -0.25) is 14.7 Å². The van der Waals surface area contributed by atoms with E-state index in [1.165, 1.54) is 0 Å². The number of ether oxygens (including phenoxy) is 1. The van der Waals surface area contributed by atoms with Crippen LogP contribution in [0.15, 0.2) is 48.7 Å². The van der Waals surface area contributed by atoms with Crippen LogP contribution >= 0.6 is 0 Å². The molecular formula is C27H32N4O3. The summed E-state index contributed by atoms with van der Waals surface area (Å²) < 4.78 is 5.54. The molecule has 0 saturated carbocycles. The van der Waals surface area contributed by atoms with Crippen molar-refractivity contribution < 1.29 is 14.6 Å². The molecule has 1 aromatic heterocycles. The Morgan fingerprint density at radius 2 is 1.82 bits per heavy atom. The number of hydrogen-bond donors (Lipinski definition) is 3. The maximum atomic E-state index is 13.1. The quantitative estimate of drug-likeness (QED) is 0.489. The van der Waals surface area contributed by atoms with E-state index in [1.54, 1.807) is 19.4 Å². The van der Waals surface area contributed by atoms with E-state index in [9.17, 15) is 9.90 Å². The lowest BCUT2D eigenvalue weighted by Crippen LogP contribution is -2.22. The van der Waals surface area contributed by atoms with Gasteiger partial charge in [-0.1, -0.05) is 24.3 Å². The molecule has 3 aromatic rings. The van der Waals surface area contributed by atoms with Gasteiger partial charge in [0, 0.05) is 55.9 Å². The predicted molar refractivity (Wildman–Crippen MR) is 136 cm³/mol. The average Bonchev–Trinajstić information content (AvgIpc) is 3.25. The van der Waals surface area contributed by atoms with Crippen molar-refractivity contribution >= 4 is 17.3 Å². The predicted octanol–water partition coefficient (Wildman–Crippen LogP) is 4.23. The molecule has 178 valence electrons. The monoisotopic (exact) mass is 460 g/mol. The summed E-state index contributed by atoms with van der Waals surface area (Å²) in [4.78, 5) is 19.6. The molecule has 0 spiro atoms. The van der Waals surface area contributed by atoms with Crippen molar-refractivity contribution in [2.24, 2.45) is 0 Å². The van der Waals surface area contributed by atoms with Crippen molar-refractivity contribution in [3.8, 4) is 16.9 Å². The van der Waals surface area contributed by atoms with Crippen LogP contribution in [-0.4, -0.2) is 54.2 Å². The number of hydrogen-bond acceptors (Lipinski definition) is 6. The number of carbonyl (C=O) groups excluding carboxylic acids is 1. The summed E-state index contributed by atoms with van der Waals surface area (Å²) in [6.07, 6.45) is 2.18. The number of carbonyl (C=O) groups is 1. The molecule has 1 fully saturated rings. The fourth-order valence-corrected chi connectivity index (χ4v) is 4.54. The highest BCUT2D eigenvalue weighted by atomic mass is 16.5. The molecule has 4 rings (SSSR count). The maximum Gasteiger partial charge on any atom is 0.274 e. The van der Waals surface area contributed by atoms with E-state index in [2.05, 4.69) is 39.6 Å². The van der Waals surface area contributed by atoms with Gasteiger partial charge in [-0.25, -0.2) is 0 Å². The van der Waals surface area contributed by atoms with Gasteiger partial charge in [0.05, 0.1) is 13.2 Å². The van der Waals surface area contributed by atoms with Gasteiger partial charge in [-0.15, -0.1) is 0 Å². The highest BCUT2D eigenvalue weighted by molar-refractivity contribution is 6.04. The molecule has 3 N–H and O–H groups in total. The number of β-amino-alcohol motifs (C(OH)–C–C–N with tert-alkyl or cyclic N) is 1. The first-order chi connectivity index (χ1) is 16.4.